The number of aromatic nitrogens is 4. The van der Waals surface area contributed by atoms with Crippen LogP contribution in [0.25, 0.3) is 22.3 Å². The average molecular weight is 353 g/mol. The first-order chi connectivity index (χ1) is 12.6. The largest absolute Gasteiger partial charge is 0.490 e. The molecule has 7 heteroatoms. The maximum Gasteiger partial charge on any atom is 0.133 e. The molecule has 0 spiro atoms. The number of hydrogen-bond acceptors (Lipinski definition) is 6. The van der Waals surface area contributed by atoms with Crippen molar-refractivity contribution in [2.24, 2.45) is 0 Å². The number of pyridine rings is 2. The zero-order valence-corrected chi connectivity index (χ0v) is 15.3. The maximum absolute atomic E-state index is 6.11. The number of rotatable bonds is 4. The van der Waals surface area contributed by atoms with Gasteiger partial charge in [0.1, 0.15) is 22.8 Å². The summed E-state index contributed by atoms with van der Waals surface area (Å²) in [6.07, 6.45) is 3.75. The van der Waals surface area contributed by atoms with Crippen LogP contribution in [0.5, 0.6) is 5.75 Å². The number of morpholine rings is 1. The summed E-state index contributed by atoms with van der Waals surface area (Å²) < 4.78 is 11.8. The van der Waals surface area contributed by atoms with E-state index in [0.717, 1.165) is 46.9 Å². The van der Waals surface area contributed by atoms with Crippen molar-refractivity contribution in [2.75, 3.05) is 24.6 Å². The molecule has 1 N–H and O–H groups in total. The molecule has 1 fully saturated rings. The Morgan fingerprint density at radius 1 is 1.31 bits per heavy atom. The van der Waals surface area contributed by atoms with E-state index in [1.807, 2.05) is 32.0 Å². The maximum atomic E-state index is 6.11. The van der Waals surface area contributed by atoms with Crippen LogP contribution < -0.4 is 9.64 Å². The Morgan fingerprint density at radius 3 is 2.92 bits per heavy atom. The van der Waals surface area contributed by atoms with Gasteiger partial charge in [0, 0.05) is 36.9 Å². The van der Waals surface area contributed by atoms with E-state index in [-0.39, 0.29) is 12.2 Å². The van der Waals surface area contributed by atoms with Crippen LogP contribution >= 0.6 is 0 Å². The Morgan fingerprint density at radius 2 is 2.19 bits per heavy atom. The van der Waals surface area contributed by atoms with Crippen molar-refractivity contribution < 1.29 is 9.47 Å². The first kappa shape index (κ1) is 16.8. The second-order valence-electron chi connectivity index (χ2n) is 6.80. The molecule has 3 aromatic rings. The lowest BCUT2D eigenvalue weighted by Crippen LogP contribution is -2.41. The van der Waals surface area contributed by atoms with E-state index in [9.17, 15) is 0 Å². The van der Waals surface area contributed by atoms with Gasteiger partial charge in [0.05, 0.1) is 24.5 Å². The normalized spacial score (nSPS) is 17.8. The van der Waals surface area contributed by atoms with Crippen LogP contribution in [0.2, 0.25) is 0 Å². The molecule has 1 saturated heterocycles. The van der Waals surface area contributed by atoms with E-state index in [4.69, 9.17) is 14.5 Å². The average Bonchev–Trinajstić information content (AvgIpc) is 3.15. The van der Waals surface area contributed by atoms with Gasteiger partial charge >= 0.3 is 0 Å². The Hall–Kier alpha value is -2.67. The van der Waals surface area contributed by atoms with Crippen LogP contribution in [0.1, 0.15) is 20.8 Å². The van der Waals surface area contributed by atoms with Crippen LogP contribution in [0.15, 0.2) is 30.6 Å². The Balaban J connectivity index is 1.88. The SMILES string of the molecule is CC(C)Oc1cc(N2CCO[C@H](C)C2)nc2c(-c3ccn[nH]3)nccc12. The van der Waals surface area contributed by atoms with E-state index < -0.39 is 0 Å². The van der Waals surface area contributed by atoms with Gasteiger partial charge in [-0.2, -0.15) is 5.10 Å². The van der Waals surface area contributed by atoms with Crippen LogP contribution in [0, 0.1) is 0 Å². The number of H-pyrrole nitrogens is 1. The standard InChI is InChI=1S/C19H23N5O2/c1-12(2)26-16-10-17(24-8-9-25-13(3)11-24)22-18-14(16)4-6-20-19(18)15-5-7-21-23-15/h4-7,10,12-13H,8-9,11H2,1-3H3,(H,21,23)/t13-/m1/s1. The second kappa shape index (κ2) is 6.92. The Kier molecular flexibility index (Phi) is 4.46. The van der Waals surface area contributed by atoms with Crippen molar-refractivity contribution in [2.45, 2.75) is 33.0 Å². The molecule has 3 aromatic heterocycles. The second-order valence-corrected chi connectivity index (χ2v) is 6.80. The van der Waals surface area contributed by atoms with Gasteiger partial charge < -0.3 is 14.4 Å². The van der Waals surface area contributed by atoms with Crippen molar-refractivity contribution in [1.82, 2.24) is 20.2 Å². The monoisotopic (exact) mass is 353 g/mol. The fourth-order valence-electron chi connectivity index (χ4n) is 3.23. The molecular formula is C19H23N5O2. The van der Waals surface area contributed by atoms with Gasteiger partial charge in [0.2, 0.25) is 0 Å². The first-order valence-electron chi connectivity index (χ1n) is 8.94. The summed E-state index contributed by atoms with van der Waals surface area (Å²) in [5.41, 5.74) is 2.42. The molecule has 1 aliphatic heterocycles. The molecule has 0 amide bonds. The summed E-state index contributed by atoms with van der Waals surface area (Å²) >= 11 is 0. The summed E-state index contributed by atoms with van der Waals surface area (Å²) in [5, 5.41) is 7.98. The third kappa shape index (κ3) is 3.22. The van der Waals surface area contributed by atoms with Crippen LogP contribution in [-0.2, 0) is 4.74 Å². The number of anilines is 1. The fourth-order valence-corrected chi connectivity index (χ4v) is 3.23. The number of fused-ring (bicyclic) bond motifs is 1. The predicted octanol–water partition coefficient (Wildman–Crippen LogP) is 3.03. The van der Waals surface area contributed by atoms with Gasteiger partial charge in [0.15, 0.2) is 0 Å². The number of ether oxygens (including phenoxy) is 2. The molecule has 0 radical (unpaired) electrons. The highest BCUT2D eigenvalue weighted by Crippen LogP contribution is 2.34. The van der Waals surface area contributed by atoms with Gasteiger partial charge in [-0.25, -0.2) is 4.98 Å². The summed E-state index contributed by atoms with van der Waals surface area (Å²) in [4.78, 5) is 11.7. The van der Waals surface area contributed by atoms with Crippen LogP contribution in [-0.4, -0.2) is 52.1 Å². The molecule has 0 bridgehead atoms. The van der Waals surface area contributed by atoms with E-state index in [0.29, 0.717) is 6.61 Å². The van der Waals surface area contributed by atoms with Gasteiger partial charge in [-0.3, -0.25) is 10.1 Å². The van der Waals surface area contributed by atoms with Gasteiger partial charge in [-0.05, 0) is 32.9 Å². The van der Waals surface area contributed by atoms with Crippen LogP contribution in [0.4, 0.5) is 5.82 Å². The molecule has 7 nitrogen and oxygen atoms in total. The van der Waals surface area contributed by atoms with E-state index in [1.54, 1.807) is 12.4 Å². The highest BCUT2D eigenvalue weighted by molar-refractivity contribution is 5.95. The molecule has 1 atom stereocenters. The zero-order chi connectivity index (χ0) is 18.1. The molecule has 0 aromatic carbocycles. The minimum atomic E-state index is 0.0702. The Bertz CT molecular complexity index is 894. The third-order valence-electron chi connectivity index (χ3n) is 4.36. The highest BCUT2D eigenvalue weighted by atomic mass is 16.5. The molecule has 26 heavy (non-hydrogen) atoms. The molecular weight excluding hydrogens is 330 g/mol. The summed E-state index contributed by atoms with van der Waals surface area (Å²) in [6.45, 7) is 8.44. The van der Waals surface area contributed by atoms with Gasteiger partial charge in [-0.1, -0.05) is 0 Å². The molecule has 4 heterocycles. The van der Waals surface area contributed by atoms with Gasteiger partial charge in [-0.15, -0.1) is 0 Å². The number of aromatic amines is 1. The van der Waals surface area contributed by atoms with Crippen molar-refractivity contribution >= 4 is 16.7 Å². The van der Waals surface area contributed by atoms with Crippen molar-refractivity contribution in [1.29, 1.82) is 0 Å². The molecule has 4 rings (SSSR count). The van der Waals surface area contributed by atoms with Crippen molar-refractivity contribution in [3.05, 3.63) is 30.6 Å². The van der Waals surface area contributed by atoms with E-state index >= 15 is 0 Å². The lowest BCUT2D eigenvalue weighted by Gasteiger charge is -2.32. The third-order valence-corrected chi connectivity index (χ3v) is 4.36. The minimum absolute atomic E-state index is 0.0702. The van der Waals surface area contributed by atoms with E-state index in [2.05, 4.69) is 27.0 Å². The molecule has 1 aliphatic rings. The minimum Gasteiger partial charge on any atom is -0.490 e. The summed E-state index contributed by atoms with van der Waals surface area (Å²) in [7, 11) is 0. The first-order valence-corrected chi connectivity index (χ1v) is 8.94. The number of nitrogens with one attached hydrogen (secondary N) is 1. The predicted molar refractivity (Wildman–Crippen MR) is 101 cm³/mol. The van der Waals surface area contributed by atoms with E-state index in [1.165, 1.54) is 0 Å². The quantitative estimate of drug-likeness (QED) is 0.777. The molecule has 0 saturated carbocycles. The number of nitrogens with zero attached hydrogens (tertiary/aromatic N) is 4. The molecule has 136 valence electrons. The van der Waals surface area contributed by atoms with Gasteiger partial charge in [0.25, 0.3) is 0 Å². The topological polar surface area (TPSA) is 76.2 Å². The van der Waals surface area contributed by atoms with Crippen molar-refractivity contribution in [3.8, 4) is 17.1 Å². The zero-order valence-electron chi connectivity index (χ0n) is 15.3. The highest BCUT2D eigenvalue weighted by Gasteiger charge is 2.21. The summed E-state index contributed by atoms with van der Waals surface area (Å²) in [5.74, 6) is 1.71. The molecule has 0 unspecified atom stereocenters. The smallest absolute Gasteiger partial charge is 0.133 e. The lowest BCUT2D eigenvalue weighted by atomic mass is 10.1. The van der Waals surface area contributed by atoms with Crippen LogP contribution in [0.3, 0.4) is 0 Å². The van der Waals surface area contributed by atoms with Crippen molar-refractivity contribution in [3.63, 3.8) is 0 Å². The number of hydrogen-bond donors (Lipinski definition) is 1. The Labute approximate surface area is 152 Å². The molecule has 0 aliphatic carbocycles. The summed E-state index contributed by atoms with van der Waals surface area (Å²) in [6, 6.07) is 5.87. The fraction of sp³-hybridized carbons (Fsp3) is 0.421. The lowest BCUT2D eigenvalue weighted by molar-refractivity contribution is 0.0529.